The van der Waals surface area contributed by atoms with Crippen LogP contribution in [0.1, 0.15) is 33.4 Å². The van der Waals surface area contributed by atoms with Gasteiger partial charge < -0.3 is 13.9 Å². The predicted molar refractivity (Wildman–Crippen MR) is 218 cm³/mol. The van der Waals surface area contributed by atoms with E-state index in [0.717, 1.165) is 89.4 Å². The van der Waals surface area contributed by atoms with E-state index in [9.17, 15) is 10.5 Å². The average molecular weight is 715 g/mol. The molecule has 1 aliphatic carbocycles. The van der Waals surface area contributed by atoms with Crippen molar-refractivity contribution in [3.8, 4) is 46.4 Å². The first kappa shape index (κ1) is 30.5. The lowest BCUT2D eigenvalue weighted by molar-refractivity contribution is 0.435. The maximum atomic E-state index is 9.86. The molecule has 7 heteroatoms. The highest BCUT2D eigenvalue weighted by Gasteiger charge is 2.54. The van der Waals surface area contributed by atoms with Crippen LogP contribution in [0.4, 0.5) is 0 Å². The Bertz CT molecular complexity index is 3330. The standard InChI is InChI=1S/C49H26N6O/c50-26-29-18-20-41-34(23-29)35-24-30(27-51)19-21-42(35)54(41)31-25-38-48(53-28-31)47-37(12-8-22-52-47)49(38)36-11-3-6-16-44(36)56-45-17-7-15-43(46(45)49)55-39-13-4-1-9-32(39)33-10-2-5-14-40(33)55/h1-25,28H. The molecule has 6 aromatic carbocycles. The van der Waals surface area contributed by atoms with E-state index in [1.165, 1.54) is 10.8 Å². The molecule has 0 bridgehead atoms. The largest absolute Gasteiger partial charge is 0.457 e. The van der Waals surface area contributed by atoms with Gasteiger partial charge in [-0.15, -0.1) is 0 Å². The van der Waals surface area contributed by atoms with E-state index in [1.807, 2.05) is 67.0 Å². The molecule has 0 saturated heterocycles. The fraction of sp³-hybridized carbons (Fsp3) is 0.0204. The Morgan fingerprint density at radius 1 is 0.500 bits per heavy atom. The number of fused-ring (bicyclic) bond motifs is 15. The van der Waals surface area contributed by atoms with Crippen LogP contribution in [0.5, 0.6) is 11.5 Å². The van der Waals surface area contributed by atoms with Gasteiger partial charge in [0.05, 0.1) is 79.7 Å². The van der Waals surface area contributed by atoms with Crippen molar-refractivity contribution in [2.45, 2.75) is 5.41 Å². The summed E-state index contributed by atoms with van der Waals surface area (Å²) in [6.07, 6.45) is 3.76. The highest BCUT2D eigenvalue weighted by molar-refractivity contribution is 6.11. The number of benzene rings is 6. The van der Waals surface area contributed by atoms with Gasteiger partial charge in [0.1, 0.15) is 11.5 Å². The van der Waals surface area contributed by atoms with Gasteiger partial charge in [-0.25, -0.2) is 0 Å². The Kier molecular flexibility index (Phi) is 5.99. The smallest absolute Gasteiger partial charge is 0.134 e. The van der Waals surface area contributed by atoms with E-state index >= 15 is 0 Å². The van der Waals surface area contributed by atoms with Crippen molar-refractivity contribution in [1.82, 2.24) is 19.1 Å². The second kappa shape index (κ2) is 11.0. The molecule has 258 valence electrons. The molecular formula is C49H26N6O. The summed E-state index contributed by atoms with van der Waals surface area (Å²) in [5, 5.41) is 23.9. The maximum absolute atomic E-state index is 9.86. The quantitative estimate of drug-likeness (QED) is 0.178. The molecule has 0 N–H and O–H groups in total. The second-order valence-corrected chi connectivity index (χ2v) is 14.4. The molecule has 0 amide bonds. The van der Waals surface area contributed by atoms with Crippen LogP contribution < -0.4 is 4.74 Å². The summed E-state index contributed by atoms with van der Waals surface area (Å²) in [6, 6.07) is 54.3. The van der Waals surface area contributed by atoms with Crippen molar-refractivity contribution < 1.29 is 4.74 Å². The Morgan fingerprint density at radius 2 is 1.11 bits per heavy atom. The lowest BCUT2D eigenvalue weighted by Crippen LogP contribution is -2.33. The second-order valence-electron chi connectivity index (χ2n) is 14.4. The highest BCUT2D eigenvalue weighted by atomic mass is 16.5. The molecule has 10 aromatic rings. The van der Waals surface area contributed by atoms with E-state index in [-0.39, 0.29) is 0 Å². The number of rotatable bonds is 2. The van der Waals surface area contributed by atoms with Crippen LogP contribution in [0.3, 0.4) is 0 Å². The number of pyridine rings is 2. The molecule has 0 radical (unpaired) electrons. The van der Waals surface area contributed by atoms with Gasteiger partial charge in [0, 0.05) is 44.4 Å². The summed E-state index contributed by atoms with van der Waals surface area (Å²) in [6.45, 7) is 0. The molecule has 1 unspecified atom stereocenters. The van der Waals surface area contributed by atoms with Crippen molar-refractivity contribution >= 4 is 43.6 Å². The Morgan fingerprint density at radius 3 is 1.82 bits per heavy atom. The van der Waals surface area contributed by atoms with E-state index < -0.39 is 5.41 Å². The first-order valence-electron chi connectivity index (χ1n) is 18.4. The Hall–Kier alpha value is -8.00. The van der Waals surface area contributed by atoms with Gasteiger partial charge in [-0.1, -0.05) is 66.7 Å². The number of hydrogen-bond acceptors (Lipinski definition) is 5. The van der Waals surface area contributed by atoms with Crippen LogP contribution in [-0.2, 0) is 5.41 Å². The number of hydrogen-bond donors (Lipinski definition) is 0. The van der Waals surface area contributed by atoms with Crippen molar-refractivity contribution in [2.24, 2.45) is 0 Å². The number of ether oxygens (including phenoxy) is 1. The van der Waals surface area contributed by atoms with Crippen LogP contribution in [0.15, 0.2) is 158 Å². The van der Waals surface area contributed by atoms with E-state index in [2.05, 4.69) is 112 Å². The third-order valence-corrected chi connectivity index (χ3v) is 11.7. The topological polar surface area (TPSA) is 92.5 Å². The summed E-state index contributed by atoms with van der Waals surface area (Å²) in [5.41, 5.74) is 11.8. The third kappa shape index (κ3) is 3.78. The van der Waals surface area contributed by atoms with Crippen molar-refractivity contribution in [3.05, 3.63) is 191 Å². The molecule has 1 atom stereocenters. The minimum atomic E-state index is -0.879. The van der Waals surface area contributed by atoms with Crippen molar-refractivity contribution in [3.63, 3.8) is 0 Å². The first-order valence-corrected chi connectivity index (χ1v) is 18.4. The fourth-order valence-electron chi connectivity index (χ4n) is 9.56. The first-order chi connectivity index (χ1) is 27.7. The Labute approximate surface area is 320 Å². The zero-order chi connectivity index (χ0) is 37.1. The molecule has 2 aliphatic rings. The molecule has 1 aliphatic heterocycles. The summed E-state index contributed by atoms with van der Waals surface area (Å²) < 4.78 is 11.5. The highest BCUT2D eigenvalue weighted by Crippen LogP contribution is 2.63. The maximum Gasteiger partial charge on any atom is 0.134 e. The van der Waals surface area contributed by atoms with Crippen LogP contribution in [-0.4, -0.2) is 19.1 Å². The Balaban J connectivity index is 1.23. The lowest BCUT2D eigenvalue weighted by atomic mass is 9.65. The molecule has 1 spiro atoms. The van der Waals surface area contributed by atoms with E-state index in [4.69, 9.17) is 14.7 Å². The third-order valence-electron chi connectivity index (χ3n) is 11.7. The minimum absolute atomic E-state index is 0.555. The predicted octanol–water partition coefficient (Wildman–Crippen LogP) is 10.9. The monoisotopic (exact) mass is 714 g/mol. The molecule has 7 nitrogen and oxygen atoms in total. The normalized spacial score (nSPS) is 15.0. The lowest BCUT2D eigenvalue weighted by Gasteiger charge is -2.40. The van der Waals surface area contributed by atoms with Gasteiger partial charge in [-0.3, -0.25) is 9.97 Å². The summed E-state index contributed by atoms with van der Waals surface area (Å²) in [5.74, 6) is 1.54. The number of nitrogens with zero attached hydrogens (tertiary/aromatic N) is 6. The average Bonchev–Trinajstić information content (AvgIpc) is 3.87. The molecule has 56 heavy (non-hydrogen) atoms. The molecular weight excluding hydrogens is 689 g/mol. The van der Waals surface area contributed by atoms with Crippen molar-refractivity contribution in [2.75, 3.05) is 0 Å². The molecule has 12 rings (SSSR count). The van der Waals surface area contributed by atoms with Crippen LogP contribution >= 0.6 is 0 Å². The zero-order valence-corrected chi connectivity index (χ0v) is 29.6. The number of aromatic nitrogens is 4. The summed E-state index contributed by atoms with van der Waals surface area (Å²) in [4.78, 5) is 10.3. The van der Waals surface area contributed by atoms with E-state index in [0.29, 0.717) is 11.1 Å². The van der Waals surface area contributed by atoms with Crippen LogP contribution in [0.2, 0.25) is 0 Å². The zero-order valence-electron chi connectivity index (χ0n) is 29.6. The summed E-state index contributed by atoms with van der Waals surface area (Å²) in [7, 11) is 0. The SMILES string of the molecule is N#Cc1ccc2c(c1)c1cc(C#N)ccc1n2-c1cnc2c(c1)C1(c3ccccc3Oc3cccc(-n4c5ccccc5c5ccccc54)c31)c1cccnc1-2. The van der Waals surface area contributed by atoms with Gasteiger partial charge >= 0.3 is 0 Å². The molecule has 0 fully saturated rings. The van der Waals surface area contributed by atoms with Gasteiger partial charge in [-0.2, -0.15) is 10.5 Å². The number of nitriles is 2. The van der Waals surface area contributed by atoms with Crippen molar-refractivity contribution in [1.29, 1.82) is 10.5 Å². The summed E-state index contributed by atoms with van der Waals surface area (Å²) >= 11 is 0. The van der Waals surface area contributed by atoms with Crippen LogP contribution in [0, 0.1) is 22.7 Å². The van der Waals surface area contributed by atoms with Gasteiger partial charge in [0.15, 0.2) is 0 Å². The molecule has 4 aromatic heterocycles. The van der Waals surface area contributed by atoms with Crippen LogP contribution in [0.25, 0.3) is 66.4 Å². The number of para-hydroxylation sites is 3. The van der Waals surface area contributed by atoms with Gasteiger partial charge in [0.2, 0.25) is 0 Å². The fourth-order valence-corrected chi connectivity index (χ4v) is 9.56. The minimum Gasteiger partial charge on any atom is -0.457 e. The van der Waals surface area contributed by atoms with Gasteiger partial charge in [-0.05, 0) is 84.4 Å². The van der Waals surface area contributed by atoms with E-state index in [1.54, 1.807) is 0 Å². The van der Waals surface area contributed by atoms with Gasteiger partial charge in [0.25, 0.3) is 0 Å². The molecule has 0 saturated carbocycles. The molecule has 5 heterocycles.